The van der Waals surface area contributed by atoms with Gasteiger partial charge in [0, 0.05) is 0 Å². The van der Waals surface area contributed by atoms with Crippen LogP contribution in [0.25, 0.3) is 6.08 Å². The molecule has 25 heavy (non-hydrogen) atoms. The zero-order valence-electron chi connectivity index (χ0n) is 13.2. The van der Waals surface area contributed by atoms with E-state index in [0.29, 0.717) is 0 Å². The standard InChI is InChI=1S/C8H7F.3BF4.K.H/c1-2-7-3-5-8(9)6-4-7;3*2-1(3,4)5;;/h2-6H,1H2;;;;;/q;3*-1;+1;-1. The van der Waals surface area contributed by atoms with Crippen molar-refractivity contribution in [2.75, 3.05) is 0 Å². The van der Waals surface area contributed by atoms with Crippen molar-refractivity contribution < 1.29 is 109 Å². The molecule has 1 rings (SSSR count). The summed E-state index contributed by atoms with van der Waals surface area (Å²) in [5.41, 5.74) is 0.941. The van der Waals surface area contributed by atoms with Gasteiger partial charge in [-0.2, -0.15) is 0 Å². The van der Waals surface area contributed by atoms with Gasteiger partial charge < -0.3 is 53.2 Å². The van der Waals surface area contributed by atoms with Crippen molar-refractivity contribution >= 4 is 27.8 Å². The van der Waals surface area contributed by atoms with Gasteiger partial charge in [-0.15, -0.1) is 0 Å². The van der Waals surface area contributed by atoms with Crippen LogP contribution in [0.3, 0.4) is 0 Å². The quantitative estimate of drug-likeness (QED) is 0.480. The monoisotopic (exact) mass is 423 g/mol. The Balaban J connectivity index is -0.0000000771. The van der Waals surface area contributed by atoms with E-state index in [1.807, 2.05) is 0 Å². The number of hydrogen-bond acceptors (Lipinski definition) is 0. The molecule has 0 atom stereocenters. The molecular weight excluding hydrogens is 415 g/mol. The van der Waals surface area contributed by atoms with E-state index in [1.165, 1.54) is 12.1 Å². The van der Waals surface area contributed by atoms with Gasteiger partial charge in [0.1, 0.15) is 5.82 Å². The average Bonchev–Trinajstić information content (AvgIpc) is 2.23. The predicted molar refractivity (Wildman–Crippen MR) is 68.2 cm³/mol. The van der Waals surface area contributed by atoms with Gasteiger partial charge >= 0.3 is 73.1 Å². The molecule has 0 unspecified atom stereocenters. The Morgan fingerprint density at radius 2 is 0.840 bits per heavy atom. The van der Waals surface area contributed by atoms with Gasteiger partial charge in [0.15, 0.2) is 0 Å². The maximum atomic E-state index is 12.2. The third kappa shape index (κ3) is 81.0. The molecule has 144 valence electrons. The van der Waals surface area contributed by atoms with Gasteiger partial charge in [0.05, 0.1) is 0 Å². The van der Waals surface area contributed by atoms with Crippen molar-refractivity contribution in [3.8, 4) is 0 Å². The van der Waals surface area contributed by atoms with Crippen LogP contribution in [0.2, 0.25) is 0 Å². The topological polar surface area (TPSA) is 0 Å². The van der Waals surface area contributed by atoms with Gasteiger partial charge in [0.25, 0.3) is 0 Å². The SMILES string of the molecule is C=Cc1ccc(F)cc1.F[B-](F)(F)F.F[B-](F)(F)F.F[B-](F)(F)F.[H-].[K+]. The second kappa shape index (κ2) is 15.0. The summed E-state index contributed by atoms with van der Waals surface area (Å²) in [7, 11) is -18.0. The fourth-order valence-electron chi connectivity index (χ4n) is 0.599. The van der Waals surface area contributed by atoms with Crippen molar-refractivity contribution in [2.24, 2.45) is 0 Å². The first-order valence-electron chi connectivity index (χ1n) is 5.33. The molecule has 0 radical (unpaired) electrons. The van der Waals surface area contributed by atoms with Crippen molar-refractivity contribution in [1.29, 1.82) is 0 Å². The summed E-state index contributed by atoms with van der Waals surface area (Å²) >= 11 is 0. The van der Waals surface area contributed by atoms with E-state index >= 15 is 0 Å². The van der Waals surface area contributed by atoms with Crippen LogP contribution in [0.4, 0.5) is 56.2 Å². The second-order valence-corrected chi connectivity index (χ2v) is 3.24. The minimum atomic E-state index is -6.00. The fraction of sp³-hybridized carbons (Fsp3) is 0. The van der Waals surface area contributed by atoms with Crippen LogP contribution in [-0.4, -0.2) is 21.8 Å². The van der Waals surface area contributed by atoms with E-state index in [2.05, 4.69) is 6.58 Å². The molecule has 0 saturated carbocycles. The Morgan fingerprint density at radius 1 is 0.640 bits per heavy atom. The van der Waals surface area contributed by atoms with Crippen molar-refractivity contribution in [3.63, 3.8) is 0 Å². The molecule has 0 N–H and O–H groups in total. The van der Waals surface area contributed by atoms with Gasteiger partial charge in [0.2, 0.25) is 0 Å². The summed E-state index contributed by atoms with van der Waals surface area (Å²) in [6.45, 7) is 3.54. The van der Waals surface area contributed by atoms with Gasteiger partial charge in [-0.3, -0.25) is 0 Å². The van der Waals surface area contributed by atoms with E-state index < -0.39 is 21.8 Å². The van der Waals surface area contributed by atoms with Crippen LogP contribution in [0, 0.1) is 5.82 Å². The molecule has 0 aromatic heterocycles. The minimum absolute atomic E-state index is 0. The largest absolute Gasteiger partial charge is 1.00 e. The molecule has 0 bridgehead atoms. The van der Waals surface area contributed by atoms with Crippen molar-refractivity contribution in [3.05, 3.63) is 42.2 Å². The zero-order chi connectivity index (χ0) is 20.2. The number of halogens is 13. The van der Waals surface area contributed by atoms with Crippen LogP contribution >= 0.6 is 0 Å². The summed E-state index contributed by atoms with van der Waals surface area (Å²) in [6.07, 6.45) is 1.68. The van der Waals surface area contributed by atoms with E-state index in [-0.39, 0.29) is 58.6 Å². The first kappa shape index (κ1) is 32.5. The van der Waals surface area contributed by atoms with Crippen LogP contribution in [0.15, 0.2) is 30.8 Å². The summed E-state index contributed by atoms with van der Waals surface area (Å²) in [5, 5.41) is 0. The molecule has 0 heterocycles. The van der Waals surface area contributed by atoms with Crippen molar-refractivity contribution in [2.45, 2.75) is 0 Å². The Labute approximate surface area is 178 Å². The molecule has 0 amide bonds. The molecule has 1 aromatic rings. The van der Waals surface area contributed by atoms with E-state index in [1.54, 1.807) is 18.2 Å². The first-order valence-corrected chi connectivity index (χ1v) is 5.33. The first-order chi connectivity index (χ1) is 10.3. The van der Waals surface area contributed by atoms with Gasteiger partial charge in [-0.1, -0.05) is 24.8 Å². The minimum Gasteiger partial charge on any atom is -1.00 e. The van der Waals surface area contributed by atoms with Gasteiger partial charge in [-0.05, 0) is 17.7 Å². The third-order valence-electron chi connectivity index (χ3n) is 1.11. The molecule has 0 nitrogen and oxygen atoms in total. The number of rotatable bonds is 1. The maximum Gasteiger partial charge on any atom is 1.00 e. The summed E-state index contributed by atoms with van der Waals surface area (Å²) in [5.74, 6) is -0.208. The normalized spacial score (nSPS) is 10.4. The third-order valence-corrected chi connectivity index (χ3v) is 1.11. The maximum absolute atomic E-state index is 12.2. The number of hydrogen-bond donors (Lipinski definition) is 0. The molecule has 0 aliphatic carbocycles. The fourth-order valence-corrected chi connectivity index (χ4v) is 0.599. The molecule has 1 aromatic carbocycles. The van der Waals surface area contributed by atoms with Crippen molar-refractivity contribution in [1.82, 2.24) is 0 Å². The van der Waals surface area contributed by atoms with E-state index in [9.17, 15) is 56.2 Å². The molecule has 0 spiro atoms. The van der Waals surface area contributed by atoms with Crippen LogP contribution < -0.4 is 51.4 Å². The molecule has 0 saturated heterocycles. The van der Waals surface area contributed by atoms with E-state index in [0.717, 1.165) is 5.56 Å². The molecule has 17 heteroatoms. The summed E-state index contributed by atoms with van der Waals surface area (Å²) in [4.78, 5) is 0. The average molecular weight is 423 g/mol. The van der Waals surface area contributed by atoms with Crippen LogP contribution in [0.5, 0.6) is 0 Å². The van der Waals surface area contributed by atoms with Crippen LogP contribution in [-0.2, 0) is 0 Å². The van der Waals surface area contributed by atoms with Crippen LogP contribution in [0.1, 0.15) is 6.99 Å². The van der Waals surface area contributed by atoms with E-state index in [4.69, 9.17) is 0 Å². The number of benzene rings is 1. The molecule has 0 aliphatic rings. The molecular formula is C8H8B3F13K-3. The predicted octanol–water partition coefficient (Wildman–Crippen LogP) is 3.49. The Kier molecular flexibility index (Phi) is 19.5. The summed E-state index contributed by atoms with van der Waals surface area (Å²) < 4.78 is 129. The van der Waals surface area contributed by atoms with Gasteiger partial charge in [-0.25, -0.2) is 4.39 Å². The second-order valence-electron chi connectivity index (χ2n) is 3.24. The zero-order valence-corrected chi connectivity index (χ0v) is 15.4. The smallest absolute Gasteiger partial charge is 1.00 e. The Morgan fingerprint density at radius 3 is 1.00 bits per heavy atom. The molecule has 0 aliphatic heterocycles. The Hall–Kier alpha value is -0.119. The summed E-state index contributed by atoms with van der Waals surface area (Å²) in [6, 6.07) is 6.19. The Bertz CT molecular complexity index is 398. The molecule has 0 fully saturated rings.